The maximum absolute atomic E-state index is 13.2. The molecule has 0 fully saturated rings. The van der Waals surface area contributed by atoms with Crippen molar-refractivity contribution in [3.63, 3.8) is 0 Å². The first kappa shape index (κ1) is 21.3. The van der Waals surface area contributed by atoms with Crippen LogP contribution in [0, 0.1) is 10.1 Å². The fourth-order valence-corrected chi connectivity index (χ4v) is 4.21. The number of allylic oxidation sites excluding steroid dienone is 1. The quantitative estimate of drug-likeness (QED) is 0.123. The maximum atomic E-state index is 13.2. The van der Waals surface area contributed by atoms with Gasteiger partial charge in [0, 0.05) is 25.5 Å². The number of halogens is 2. The highest BCUT2D eigenvalue weighted by Gasteiger charge is 2.18. The van der Waals surface area contributed by atoms with Crippen LogP contribution in [0.1, 0.15) is 15.9 Å². The summed E-state index contributed by atoms with van der Waals surface area (Å²) in [7, 11) is 0. The van der Waals surface area contributed by atoms with E-state index in [-0.39, 0.29) is 5.78 Å². The molecular formula is C21H13Br2NO4S. The van der Waals surface area contributed by atoms with Crippen LogP contribution in [0.3, 0.4) is 0 Å². The van der Waals surface area contributed by atoms with E-state index in [1.165, 1.54) is 30.0 Å². The predicted octanol–water partition coefficient (Wildman–Crippen LogP) is 6.84. The van der Waals surface area contributed by atoms with Crippen LogP contribution >= 0.6 is 43.6 Å². The first-order chi connectivity index (χ1) is 13.8. The van der Waals surface area contributed by atoms with Crippen LogP contribution in [0.4, 0.5) is 5.69 Å². The molecule has 1 N–H and O–H groups in total. The lowest BCUT2D eigenvalue weighted by Crippen LogP contribution is -2.01. The predicted molar refractivity (Wildman–Crippen MR) is 121 cm³/mol. The summed E-state index contributed by atoms with van der Waals surface area (Å²) < 4.78 is 1.68. The zero-order valence-electron chi connectivity index (χ0n) is 14.7. The van der Waals surface area contributed by atoms with E-state index in [1.54, 1.807) is 30.3 Å². The van der Waals surface area contributed by atoms with E-state index >= 15 is 0 Å². The van der Waals surface area contributed by atoms with Gasteiger partial charge < -0.3 is 5.11 Å². The standard InChI is InChI=1S/C21H13Br2NO4S/c22-15-8-6-14(7-9-15)21(26)20(29-19-4-2-1-3-16(19)23)12-13-5-10-18(25)17(11-13)24(27)28/h1-12,25H/b20-12+. The van der Waals surface area contributed by atoms with E-state index in [0.717, 1.165) is 13.8 Å². The third kappa shape index (κ3) is 5.35. The molecule has 3 aromatic carbocycles. The highest BCUT2D eigenvalue weighted by atomic mass is 79.9. The molecule has 0 aliphatic rings. The second-order valence-electron chi connectivity index (χ2n) is 5.88. The molecule has 3 rings (SSSR count). The minimum atomic E-state index is -0.663. The fraction of sp³-hybridized carbons (Fsp3) is 0. The summed E-state index contributed by atoms with van der Waals surface area (Å²) >= 11 is 8.09. The van der Waals surface area contributed by atoms with E-state index < -0.39 is 16.4 Å². The number of nitro benzene ring substituents is 1. The normalized spacial score (nSPS) is 11.3. The van der Waals surface area contributed by atoms with Crippen molar-refractivity contribution in [2.75, 3.05) is 0 Å². The number of Topliss-reactive ketones (excluding diaryl/α,β-unsaturated/α-hetero) is 1. The van der Waals surface area contributed by atoms with E-state index in [1.807, 2.05) is 24.3 Å². The molecule has 0 bridgehead atoms. The molecular weight excluding hydrogens is 522 g/mol. The Kier molecular flexibility index (Phi) is 6.89. The van der Waals surface area contributed by atoms with Gasteiger partial charge in [-0.15, -0.1) is 0 Å². The van der Waals surface area contributed by atoms with Gasteiger partial charge in [-0.05, 0) is 70.0 Å². The van der Waals surface area contributed by atoms with Gasteiger partial charge >= 0.3 is 5.69 Å². The number of hydrogen-bond acceptors (Lipinski definition) is 5. The number of aromatic hydroxyl groups is 1. The van der Waals surface area contributed by atoms with Gasteiger partial charge in [-0.1, -0.05) is 45.9 Å². The van der Waals surface area contributed by atoms with E-state index in [2.05, 4.69) is 31.9 Å². The van der Waals surface area contributed by atoms with Gasteiger partial charge in [0.2, 0.25) is 0 Å². The van der Waals surface area contributed by atoms with Crippen LogP contribution in [-0.2, 0) is 0 Å². The summed E-state index contributed by atoms with van der Waals surface area (Å²) in [5.74, 6) is -0.639. The molecule has 146 valence electrons. The Balaban J connectivity index is 2.07. The number of benzene rings is 3. The van der Waals surface area contributed by atoms with Crippen molar-refractivity contribution in [2.45, 2.75) is 4.90 Å². The Morgan fingerprint density at radius 2 is 1.72 bits per heavy atom. The summed E-state index contributed by atoms with van der Waals surface area (Å²) in [5.41, 5.74) is 0.516. The Labute approximate surface area is 187 Å². The van der Waals surface area contributed by atoms with Crippen molar-refractivity contribution in [2.24, 2.45) is 0 Å². The second-order valence-corrected chi connectivity index (χ2v) is 8.74. The van der Waals surface area contributed by atoms with Crippen molar-refractivity contribution in [3.8, 4) is 5.75 Å². The molecule has 5 nitrogen and oxygen atoms in total. The third-order valence-electron chi connectivity index (χ3n) is 3.88. The highest BCUT2D eigenvalue weighted by molar-refractivity contribution is 9.10. The number of nitro groups is 1. The van der Waals surface area contributed by atoms with Crippen molar-refractivity contribution in [3.05, 3.63) is 102 Å². The summed E-state index contributed by atoms with van der Waals surface area (Å²) in [5, 5.41) is 20.8. The topological polar surface area (TPSA) is 80.4 Å². The molecule has 0 aliphatic carbocycles. The van der Waals surface area contributed by atoms with Crippen molar-refractivity contribution in [1.29, 1.82) is 0 Å². The molecule has 0 amide bonds. The van der Waals surface area contributed by atoms with Crippen molar-refractivity contribution in [1.82, 2.24) is 0 Å². The summed E-state index contributed by atoms with van der Waals surface area (Å²) in [6, 6.07) is 18.5. The molecule has 0 radical (unpaired) electrons. The Bertz CT molecular complexity index is 1110. The number of carbonyl (C=O) groups excluding carboxylic acids is 1. The average molecular weight is 535 g/mol. The molecule has 8 heteroatoms. The Hall–Kier alpha value is -2.42. The number of thioether (sulfide) groups is 1. The number of nitrogens with zero attached hydrogens (tertiary/aromatic N) is 1. The van der Waals surface area contributed by atoms with Crippen LogP contribution in [0.5, 0.6) is 5.75 Å². The van der Waals surface area contributed by atoms with Crippen LogP contribution in [0.2, 0.25) is 0 Å². The van der Waals surface area contributed by atoms with Crippen LogP contribution in [-0.4, -0.2) is 15.8 Å². The minimum absolute atomic E-state index is 0.214. The fourth-order valence-electron chi connectivity index (χ4n) is 2.46. The molecule has 0 aliphatic heterocycles. The highest BCUT2D eigenvalue weighted by Crippen LogP contribution is 2.36. The molecule has 0 spiro atoms. The first-order valence-electron chi connectivity index (χ1n) is 8.27. The van der Waals surface area contributed by atoms with Gasteiger partial charge in [0.25, 0.3) is 0 Å². The van der Waals surface area contributed by atoms with Crippen LogP contribution in [0.15, 0.2) is 85.5 Å². The van der Waals surface area contributed by atoms with Crippen molar-refractivity contribution >= 4 is 61.2 Å². The van der Waals surface area contributed by atoms with E-state index in [4.69, 9.17) is 0 Å². The number of rotatable bonds is 6. The first-order valence-corrected chi connectivity index (χ1v) is 10.7. The third-order valence-corrected chi connectivity index (χ3v) is 6.46. The number of ketones is 1. The summed E-state index contributed by atoms with van der Waals surface area (Å²) in [6.07, 6.45) is 1.58. The summed E-state index contributed by atoms with van der Waals surface area (Å²) in [4.78, 5) is 24.8. The van der Waals surface area contributed by atoms with E-state index in [0.29, 0.717) is 16.0 Å². The Morgan fingerprint density at radius 1 is 1.03 bits per heavy atom. The lowest BCUT2D eigenvalue weighted by Gasteiger charge is -2.09. The monoisotopic (exact) mass is 533 g/mol. The van der Waals surface area contributed by atoms with Gasteiger partial charge in [-0.3, -0.25) is 14.9 Å². The van der Waals surface area contributed by atoms with Gasteiger partial charge in [0.15, 0.2) is 11.5 Å². The molecule has 0 aromatic heterocycles. The zero-order chi connectivity index (χ0) is 21.0. The number of phenols is 1. The van der Waals surface area contributed by atoms with Gasteiger partial charge in [0.1, 0.15) is 0 Å². The molecule has 0 saturated heterocycles. The van der Waals surface area contributed by atoms with Crippen LogP contribution in [0.25, 0.3) is 6.08 Å². The van der Waals surface area contributed by atoms with E-state index in [9.17, 15) is 20.0 Å². The van der Waals surface area contributed by atoms with Crippen LogP contribution < -0.4 is 0 Å². The SMILES string of the molecule is O=C(/C(=C\c1ccc(O)c([N+](=O)[O-])c1)Sc1ccccc1Br)c1ccc(Br)cc1. The molecule has 29 heavy (non-hydrogen) atoms. The maximum Gasteiger partial charge on any atom is 0.311 e. The zero-order valence-corrected chi connectivity index (χ0v) is 18.7. The minimum Gasteiger partial charge on any atom is -0.502 e. The molecule has 0 unspecified atom stereocenters. The smallest absolute Gasteiger partial charge is 0.311 e. The number of carbonyl (C=O) groups is 1. The number of hydrogen-bond donors (Lipinski definition) is 1. The largest absolute Gasteiger partial charge is 0.502 e. The molecule has 0 heterocycles. The molecule has 0 atom stereocenters. The second kappa shape index (κ2) is 9.39. The number of phenolic OH excluding ortho intramolecular Hbond substituents is 1. The van der Waals surface area contributed by atoms with Gasteiger partial charge in [0.05, 0.1) is 9.83 Å². The lowest BCUT2D eigenvalue weighted by atomic mass is 10.1. The average Bonchev–Trinajstić information content (AvgIpc) is 2.70. The van der Waals surface area contributed by atoms with Gasteiger partial charge in [-0.2, -0.15) is 0 Å². The molecule has 0 saturated carbocycles. The van der Waals surface area contributed by atoms with Crippen molar-refractivity contribution < 1.29 is 14.8 Å². The van der Waals surface area contributed by atoms with Gasteiger partial charge in [-0.25, -0.2) is 0 Å². The lowest BCUT2D eigenvalue weighted by molar-refractivity contribution is -0.385. The molecule has 3 aromatic rings. The Morgan fingerprint density at radius 3 is 2.38 bits per heavy atom. The summed E-state index contributed by atoms with van der Waals surface area (Å²) in [6.45, 7) is 0.